The summed E-state index contributed by atoms with van der Waals surface area (Å²) >= 11 is 0. The van der Waals surface area contributed by atoms with Gasteiger partial charge < -0.3 is 10.1 Å². The molecule has 1 saturated carbocycles. The molecule has 1 N–H and O–H groups in total. The van der Waals surface area contributed by atoms with Crippen LogP contribution in [0.4, 0.5) is 0 Å². The van der Waals surface area contributed by atoms with Crippen molar-refractivity contribution in [2.24, 2.45) is 5.92 Å². The Morgan fingerprint density at radius 1 is 1.22 bits per heavy atom. The number of nitrogens with zero attached hydrogens (tertiary/aromatic N) is 1. The van der Waals surface area contributed by atoms with Crippen LogP contribution in [0.2, 0.25) is 0 Å². The highest BCUT2D eigenvalue weighted by molar-refractivity contribution is 4.89. The topological polar surface area (TPSA) is 24.5 Å². The van der Waals surface area contributed by atoms with E-state index in [0.29, 0.717) is 0 Å². The van der Waals surface area contributed by atoms with Crippen molar-refractivity contribution < 1.29 is 4.74 Å². The molecule has 0 bridgehead atoms. The van der Waals surface area contributed by atoms with Crippen LogP contribution >= 0.6 is 0 Å². The van der Waals surface area contributed by atoms with Gasteiger partial charge in [-0.3, -0.25) is 4.90 Å². The minimum Gasteiger partial charge on any atom is -0.379 e. The molecule has 106 valence electrons. The summed E-state index contributed by atoms with van der Waals surface area (Å²) in [6, 6.07) is 0.760. The van der Waals surface area contributed by atoms with Gasteiger partial charge in [-0.25, -0.2) is 0 Å². The Morgan fingerprint density at radius 3 is 2.61 bits per heavy atom. The molecule has 2 aliphatic rings. The molecule has 1 heterocycles. The molecule has 1 aliphatic heterocycles. The van der Waals surface area contributed by atoms with E-state index in [1.165, 1.54) is 25.7 Å². The quantitative estimate of drug-likeness (QED) is 0.814. The third-order valence-electron chi connectivity index (χ3n) is 4.85. The van der Waals surface area contributed by atoms with Crippen LogP contribution in [-0.4, -0.2) is 49.3 Å². The molecule has 2 atom stereocenters. The molecule has 1 aliphatic carbocycles. The van der Waals surface area contributed by atoms with E-state index in [4.69, 9.17) is 4.74 Å². The van der Waals surface area contributed by atoms with Gasteiger partial charge in [0.25, 0.3) is 0 Å². The first-order valence-electron chi connectivity index (χ1n) is 7.69. The van der Waals surface area contributed by atoms with Crippen molar-refractivity contribution in [2.75, 3.05) is 32.8 Å². The van der Waals surface area contributed by atoms with Gasteiger partial charge in [0.15, 0.2) is 0 Å². The van der Waals surface area contributed by atoms with Gasteiger partial charge in [0.05, 0.1) is 13.2 Å². The van der Waals surface area contributed by atoms with Crippen LogP contribution < -0.4 is 5.32 Å². The molecular formula is C15H30N2O. The molecule has 0 aromatic carbocycles. The summed E-state index contributed by atoms with van der Waals surface area (Å²) in [5, 5.41) is 3.84. The first kappa shape index (κ1) is 14.3. The van der Waals surface area contributed by atoms with Gasteiger partial charge >= 0.3 is 0 Å². The van der Waals surface area contributed by atoms with Crippen molar-refractivity contribution in [3.8, 4) is 0 Å². The number of nitrogens with one attached hydrogen (secondary N) is 1. The van der Waals surface area contributed by atoms with Gasteiger partial charge in [-0.15, -0.1) is 0 Å². The van der Waals surface area contributed by atoms with Crippen molar-refractivity contribution in [1.82, 2.24) is 10.2 Å². The van der Waals surface area contributed by atoms with Crippen LogP contribution in [0.25, 0.3) is 0 Å². The van der Waals surface area contributed by atoms with Crippen LogP contribution in [-0.2, 0) is 4.74 Å². The van der Waals surface area contributed by atoms with Crippen molar-refractivity contribution in [3.05, 3.63) is 0 Å². The SMILES string of the molecule is CCC1CCCC1NCC(C)(C)N1CCOCC1. The summed E-state index contributed by atoms with van der Waals surface area (Å²) in [7, 11) is 0. The summed E-state index contributed by atoms with van der Waals surface area (Å²) in [4.78, 5) is 2.57. The summed E-state index contributed by atoms with van der Waals surface area (Å²) in [5.41, 5.74) is 0.255. The number of hydrogen-bond acceptors (Lipinski definition) is 3. The Bertz CT molecular complexity index is 249. The molecular weight excluding hydrogens is 224 g/mol. The fourth-order valence-corrected chi connectivity index (χ4v) is 3.46. The van der Waals surface area contributed by atoms with Gasteiger partial charge in [0.1, 0.15) is 0 Å². The summed E-state index contributed by atoms with van der Waals surface area (Å²) < 4.78 is 5.45. The molecule has 18 heavy (non-hydrogen) atoms. The molecule has 2 fully saturated rings. The van der Waals surface area contributed by atoms with Crippen molar-refractivity contribution in [2.45, 2.75) is 58.0 Å². The molecule has 0 aromatic heterocycles. The Hall–Kier alpha value is -0.120. The Labute approximate surface area is 112 Å². The maximum absolute atomic E-state index is 5.45. The predicted molar refractivity (Wildman–Crippen MR) is 75.9 cm³/mol. The van der Waals surface area contributed by atoms with E-state index in [-0.39, 0.29) is 5.54 Å². The zero-order valence-electron chi connectivity index (χ0n) is 12.4. The second-order valence-electron chi connectivity index (χ2n) is 6.50. The van der Waals surface area contributed by atoms with E-state index in [1.54, 1.807) is 0 Å². The van der Waals surface area contributed by atoms with Gasteiger partial charge in [-0.2, -0.15) is 0 Å². The molecule has 0 aromatic rings. The monoisotopic (exact) mass is 254 g/mol. The third kappa shape index (κ3) is 3.46. The highest BCUT2D eigenvalue weighted by Crippen LogP contribution is 2.28. The number of ether oxygens (including phenoxy) is 1. The summed E-state index contributed by atoms with van der Waals surface area (Å²) in [6.07, 6.45) is 5.54. The van der Waals surface area contributed by atoms with Gasteiger partial charge in [0, 0.05) is 31.2 Å². The fraction of sp³-hybridized carbons (Fsp3) is 1.00. The van der Waals surface area contributed by atoms with Crippen LogP contribution in [0.3, 0.4) is 0 Å². The van der Waals surface area contributed by atoms with E-state index < -0.39 is 0 Å². The lowest BCUT2D eigenvalue weighted by atomic mass is 9.97. The molecule has 1 saturated heterocycles. The highest BCUT2D eigenvalue weighted by atomic mass is 16.5. The average Bonchev–Trinajstić information content (AvgIpc) is 2.85. The van der Waals surface area contributed by atoms with Gasteiger partial charge in [-0.1, -0.05) is 19.8 Å². The molecule has 2 rings (SSSR count). The molecule has 3 heteroatoms. The number of morpholine rings is 1. The minimum absolute atomic E-state index is 0.255. The van der Waals surface area contributed by atoms with Crippen LogP contribution in [0.1, 0.15) is 46.5 Å². The van der Waals surface area contributed by atoms with Crippen LogP contribution in [0, 0.1) is 5.92 Å². The third-order valence-corrected chi connectivity index (χ3v) is 4.85. The normalized spacial score (nSPS) is 30.8. The van der Waals surface area contributed by atoms with Gasteiger partial charge in [0.2, 0.25) is 0 Å². The Kier molecular flexibility index (Phi) is 5.05. The van der Waals surface area contributed by atoms with Crippen molar-refractivity contribution in [3.63, 3.8) is 0 Å². The number of rotatable bonds is 5. The Balaban J connectivity index is 1.80. The van der Waals surface area contributed by atoms with Crippen molar-refractivity contribution >= 4 is 0 Å². The summed E-state index contributed by atoms with van der Waals surface area (Å²) in [6.45, 7) is 12.1. The molecule has 0 spiro atoms. The predicted octanol–water partition coefficient (Wildman–Crippen LogP) is 2.27. The van der Waals surface area contributed by atoms with E-state index in [0.717, 1.165) is 44.8 Å². The molecule has 0 radical (unpaired) electrons. The first-order chi connectivity index (χ1) is 8.63. The zero-order valence-corrected chi connectivity index (χ0v) is 12.4. The maximum Gasteiger partial charge on any atom is 0.0594 e. The highest BCUT2D eigenvalue weighted by Gasteiger charge is 2.31. The van der Waals surface area contributed by atoms with Gasteiger partial charge in [-0.05, 0) is 32.6 Å². The van der Waals surface area contributed by atoms with E-state index in [1.807, 2.05) is 0 Å². The fourth-order valence-electron chi connectivity index (χ4n) is 3.46. The minimum atomic E-state index is 0.255. The van der Waals surface area contributed by atoms with Crippen LogP contribution in [0.15, 0.2) is 0 Å². The lowest BCUT2D eigenvalue weighted by Crippen LogP contribution is -2.56. The smallest absolute Gasteiger partial charge is 0.0594 e. The van der Waals surface area contributed by atoms with E-state index in [9.17, 15) is 0 Å². The molecule has 2 unspecified atom stereocenters. The Morgan fingerprint density at radius 2 is 1.94 bits per heavy atom. The number of hydrogen-bond donors (Lipinski definition) is 1. The standard InChI is InChI=1S/C15H30N2O/c1-4-13-6-5-7-14(13)16-12-15(2,3)17-8-10-18-11-9-17/h13-14,16H,4-12H2,1-3H3. The molecule has 0 amide bonds. The summed E-state index contributed by atoms with van der Waals surface area (Å²) in [5.74, 6) is 0.908. The molecule has 3 nitrogen and oxygen atoms in total. The lowest BCUT2D eigenvalue weighted by molar-refractivity contribution is -0.0107. The maximum atomic E-state index is 5.45. The van der Waals surface area contributed by atoms with Crippen molar-refractivity contribution in [1.29, 1.82) is 0 Å². The van der Waals surface area contributed by atoms with E-state index >= 15 is 0 Å². The zero-order chi connectivity index (χ0) is 13.0. The average molecular weight is 254 g/mol. The first-order valence-corrected chi connectivity index (χ1v) is 7.69. The largest absolute Gasteiger partial charge is 0.379 e. The lowest BCUT2D eigenvalue weighted by Gasteiger charge is -2.42. The van der Waals surface area contributed by atoms with Crippen LogP contribution in [0.5, 0.6) is 0 Å². The second-order valence-corrected chi connectivity index (χ2v) is 6.50. The van der Waals surface area contributed by atoms with E-state index in [2.05, 4.69) is 31.0 Å². The second kappa shape index (κ2) is 6.36.